The second-order valence-corrected chi connectivity index (χ2v) is 5.70. The third-order valence-electron chi connectivity index (χ3n) is 3.99. The third-order valence-corrected chi connectivity index (χ3v) is 3.99. The lowest BCUT2D eigenvalue weighted by atomic mass is 9.94. The van der Waals surface area contributed by atoms with Crippen molar-refractivity contribution in [3.8, 4) is 0 Å². The molecule has 0 spiro atoms. The number of hydrogen-bond donors (Lipinski definition) is 1. The molecule has 1 aliphatic heterocycles. The van der Waals surface area contributed by atoms with E-state index in [2.05, 4.69) is 4.74 Å². The lowest BCUT2D eigenvalue weighted by Crippen LogP contribution is -2.41. The minimum absolute atomic E-state index is 0.0177. The number of ether oxygens (including phenoxy) is 1. The molecule has 0 fully saturated rings. The van der Waals surface area contributed by atoms with Crippen molar-refractivity contribution in [1.29, 1.82) is 0 Å². The van der Waals surface area contributed by atoms with Crippen LogP contribution in [0.5, 0.6) is 0 Å². The highest BCUT2D eigenvalue weighted by Crippen LogP contribution is 2.29. The number of hydrogen-bond acceptors (Lipinski definition) is 5. The van der Waals surface area contributed by atoms with E-state index in [0.717, 1.165) is 10.3 Å². The van der Waals surface area contributed by atoms with Gasteiger partial charge in [-0.1, -0.05) is 24.3 Å². The SMILES string of the molecule is NC(=O)COC(=O)CCCN1C(=O)c2cccc3cccc(c23)C1=O. The molecule has 25 heavy (non-hydrogen) atoms. The van der Waals surface area contributed by atoms with Crippen molar-refractivity contribution >= 4 is 34.5 Å². The van der Waals surface area contributed by atoms with Crippen molar-refractivity contribution in [3.05, 3.63) is 47.5 Å². The second kappa shape index (κ2) is 6.72. The van der Waals surface area contributed by atoms with Crippen LogP contribution >= 0.6 is 0 Å². The largest absolute Gasteiger partial charge is 0.456 e. The Morgan fingerprint density at radius 1 is 1.00 bits per heavy atom. The number of nitrogens with two attached hydrogens (primary N) is 1. The Kier molecular flexibility index (Phi) is 4.47. The zero-order chi connectivity index (χ0) is 18.0. The second-order valence-electron chi connectivity index (χ2n) is 5.70. The molecule has 7 nitrogen and oxygen atoms in total. The summed E-state index contributed by atoms with van der Waals surface area (Å²) in [4.78, 5) is 48.5. The number of carbonyl (C=O) groups is 4. The first-order valence-corrected chi connectivity index (χ1v) is 7.81. The van der Waals surface area contributed by atoms with Crippen LogP contribution in [-0.2, 0) is 14.3 Å². The van der Waals surface area contributed by atoms with Gasteiger partial charge < -0.3 is 10.5 Å². The quantitative estimate of drug-likeness (QED) is 0.629. The van der Waals surface area contributed by atoms with Crippen LogP contribution in [0.4, 0.5) is 0 Å². The smallest absolute Gasteiger partial charge is 0.306 e. The van der Waals surface area contributed by atoms with Crippen molar-refractivity contribution in [3.63, 3.8) is 0 Å². The molecule has 0 atom stereocenters. The first-order valence-electron chi connectivity index (χ1n) is 7.81. The van der Waals surface area contributed by atoms with Gasteiger partial charge in [0.25, 0.3) is 17.7 Å². The van der Waals surface area contributed by atoms with Crippen molar-refractivity contribution in [2.45, 2.75) is 12.8 Å². The molecule has 0 aromatic heterocycles. The molecule has 3 amide bonds. The Morgan fingerprint density at radius 2 is 1.60 bits per heavy atom. The molecule has 2 N–H and O–H groups in total. The minimum Gasteiger partial charge on any atom is -0.456 e. The number of nitrogens with zero attached hydrogens (tertiary/aromatic N) is 1. The van der Waals surface area contributed by atoms with Crippen LogP contribution in [0.25, 0.3) is 10.8 Å². The van der Waals surface area contributed by atoms with Gasteiger partial charge in [-0.3, -0.25) is 24.1 Å². The van der Waals surface area contributed by atoms with E-state index in [0.29, 0.717) is 16.5 Å². The normalized spacial score (nSPS) is 13.2. The van der Waals surface area contributed by atoms with Crippen LogP contribution in [0, 0.1) is 0 Å². The Morgan fingerprint density at radius 3 is 2.16 bits per heavy atom. The maximum atomic E-state index is 12.6. The van der Waals surface area contributed by atoms with Crippen LogP contribution in [0.1, 0.15) is 33.6 Å². The van der Waals surface area contributed by atoms with E-state index in [-0.39, 0.29) is 31.2 Å². The van der Waals surface area contributed by atoms with Crippen LogP contribution < -0.4 is 5.73 Å². The topological polar surface area (TPSA) is 107 Å². The fourth-order valence-corrected chi connectivity index (χ4v) is 2.89. The average Bonchev–Trinajstić information content (AvgIpc) is 2.60. The fourth-order valence-electron chi connectivity index (χ4n) is 2.89. The van der Waals surface area contributed by atoms with Crippen LogP contribution in [-0.4, -0.2) is 41.7 Å². The van der Waals surface area contributed by atoms with Gasteiger partial charge in [0.05, 0.1) is 0 Å². The van der Waals surface area contributed by atoms with Crippen molar-refractivity contribution in [2.75, 3.05) is 13.2 Å². The predicted molar refractivity (Wildman–Crippen MR) is 88.7 cm³/mol. The van der Waals surface area contributed by atoms with Crippen molar-refractivity contribution < 1.29 is 23.9 Å². The van der Waals surface area contributed by atoms with Gasteiger partial charge in [0.2, 0.25) is 0 Å². The summed E-state index contributed by atoms with van der Waals surface area (Å²) in [5.41, 5.74) is 5.84. The summed E-state index contributed by atoms with van der Waals surface area (Å²) >= 11 is 0. The van der Waals surface area contributed by atoms with E-state index in [4.69, 9.17) is 5.73 Å². The molecule has 2 aromatic carbocycles. The van der Waals surface area contributed by atoms with Gasteiger partial charge >= 0.3 is 5.97 Å². The molecule has 0 unspecified atom stereocenters. The summed E-state index contributed by atoms with van der Waals surface area (Å²) in [6.07, 6.45) is 0.226. The molecule has 0 saturated carbocycles. The van der Waals surface area contributed by atoms with Gasteiger partial charge in [0.15, 0.2) is 6.61 Å². The summed E-state index contributed by atoms with van der Waals surface area (Å²) in [7, 11) is 0. The number of imide groups is 1. The zero-order valence-corrected chi connectivity index (χ0v) is 13.4. The van der Waals surface area contributed by atoms with E-state index >= 15 is 0 Å². The Balaban J connectivity index is 1.72. The summed E-state index contributed by atoms with van der Waals surface area (Å²) in [6, 6.07) is 10.6. The van der Waals surface area contributed by atoms with Crippen molar-refractivity contribution in [2.24, 2.45) is 5.73 Å². The van der Waals surface area contributed by atoms with Gasteiger partial charge in [-0.15, -0.1) is 0 Å². The molecule has 7 heteroatoms. The highest BCUT2D eigenvalue weighted by Gasteiger charge is 2.32. The molecule has 2 aromatic rings. The molecule has 1 heterocycles. The fraction of sp³-hybridized carbons (Fsp3) is 0.222. The predicted octanol–water partition coefficient (Wildman–Crippen LogP) is 1.24. The number of esters is 1. The Hall–Kier alpha value is -3.22. The summed E-state index contributed by atoms with van der Waals surface area (Å²) in [5.74, 6) is -2.09. The number of carbonyl (C=O) groups excluding carboxylic acids is 4. The molecular weight excluding hydrogens is 324 g/mol. The highest BCUT2D eigenvalue weighted by molar-refractivity contribution is 6.25. The van der Waals surface area contributed by atoms with Gasteiger partial charge in [-0.25, -0.2) is 0 Å². The maximum Gasteiger partial charge on any atom is 0.306 e. The van der Waals surface area contributed by atoms with E-state index in [1.807, 2.05) is 12.1 Å². The third kappa shape index (κ3) is 3.21. The lowest BCUT2D eigenvalue weighted by Gasteiger charge is -2.27. The van der Waals surface area contributed by atoms with E-state index in [1.165, 1.54) is 0 Å². The number of benzene rings is 2. The van der Waals surface area contributed by atoms with Crippen LogP contribution in [0.3, 0.4) is 0 Å². The molecular formula is C18H16N2O5. The van der Waals surface area contributed by atoms with Crippen LogP contribution in [0.2, 0.25) is 0 Å². The molecule has 128 valence electrons. The average molecular weight is 340 g/mol. The summed E-state index contributed by atoms with van der Waals surface area (Å²) in [6.45, 7) is -0.385. The molecule has 0 radical (unpaired) electrons. The first-order chi connectivity index (χ1) is 12.0. The standard InChI is InChI=1S/C18H16N2O5/c19-14(21)10-25-15(22)8-3-9-20-17(23)12-6-1-4-11-5-2-7-13(16(11)12)18(20)24/h1-2,4-7H,3,8-10H2,(H2,19,21). The summed E-state index contributed by atoms with van der Waals surface area (Å²) in [5, 5.41) is 1.50. The number of rotatable bonds is 6. The highest BCUT2D eigenvalue weighted by atomic mass is 16.5. The number of primary amides is 1. The molecule has 0 saturated heterocycles. The van der Waals surface area contributed by atoms with Crippen molar-refractivity contribution in [1.82, 2.24) is 4.90 Å². The molecule has 1 aliphatic rings. The summed E-state index contributed by atoms with van der Waals surface area (Å²) < 4.78 is 4.65. The van der Waals surface area contributed by atoms with Gasteiger partial charge in [-0.05, 0) is 23.9 Å². The maximum absolute atomic E-state index is 12.6. The molecule has 0 aliphatic carbocycles. The van der Waals surface area contributed by atoms with E-state index < -0.39 is 18.5 Å². The van der Waals surface area contributed by atoms with Gasteiger partial charge in [0, 0.05) is 29.5 Å². The van der Waals surface area contributed by atoms with E-state index in [1.54, 1.807) is 24.3 Å². The van der Waals surface area contributed by atoms with Crippen LogP contribution in [0.15, 0.2) is 36.4 Å². The first kappa shape index (κ1) is 16.6. The lowest BCUT2D eigenvalue weighted by molar-refractivity contribution is -0.147. The molecule has 3 rings (SSSR count). The zero-order valence-electron chi connectivity index (χ0n) is 13.4. The monoisotopic (exact) mass is 340 g/mol. The Bertz CT molecular complexity index is 839. The van der Waals surface area contributed by atoms with E-state index in [9.17, 15) is 19.2 Å². The molecule has 0 bridgehead atoms. The Labute approximate surface area is 143 Å². The minimum atomic E-state index is -0.737. The number of amides is 3. The van der Waals surface area contributed by atoms with Gasteiger partial charge in [0.1, 0.15) is 0 Å². The van der Waals surface area contributed by atoms with Gasteiger partial charge in [-0.2, -0.15) is 0 Å².